The molecule has 2 rings (SSSR count). The lowest BCUT2D eigenvalue weighted by Crippen LogP contribution is -2.43. The fourth-order valence-electron chi connectivity index (χ4n) is 2.47. The summed E-state index contributed by atoms with van der Waals surface area (Å²) >= 11 is 0. The van der Waals surface area contributed by atoms with Crippen LogP contribution in [0, 0.1) is 0 Å². The van der Waals surface area contributed by atoms with Gasteiger partial charge in [0.25, 0.3) is 0 Å². The Morgan fingerprint density at radius 1 is 1.17 bits per heavy atom. The normalized spacial score (nSPS) is 18.2. The fourth-order valence-corrected chi connectivity index (χ4v) is 2.47. The lowest BCUT2D eigenvalue weighted by atomic mass is 10.0. The molecule has 1 aromatic rings. The second-order valence-electron chi connectivity index (χ2n) is 5.20. The van der Waals surface area contributed by atoms with Gasteiger partial charge in [-0.3, -0.25) is 4.90 Å². The highest BCUT2D eigenvalue weighted by molar-refractivity contribution is 5.20. The minimum atomic E-state index is 0.760. The van der Waals surface area contributed by atoms with Crippen LogP contribution in [-0.4, -0.2) is 56.2 Å². The van der Waals surface area contributed by atoms with Crippen molar-refractivity contribution in [3.05, 3.63) is 30.3 Å². The zero-order chi connectivity index (χ0) is 12.8. The quantitative estimate of drug-likeness (QED) is 0.793. The Morgan fingerprint density at radius 2 is 1.83 bits per heavy atom. The number of ether oxygens (including phenoxy) is 1. The monoisotopic (exact) mass is 248 g/mol. The van der Waals surface area contributed by atoms with Crippen LogP contribution >= 0.6 is 0 Å². The first-order valence-corrected chi connectivity index (χ1v) is 6.82. The first-order valence-electron chi connectivity index (χ1n) is 6.82. The van der Waals surface area contributed by atoms with Crippen LogP contribution in [0.15, 0.2) is 30.3 Å². The predicted molar refractivity (Wildman–Crippen MR) is 75.1 cm³/mol. The molecule has 0 spiro atoms. The zero-order valence-electron chi connectivity index (χ0n) is 11.5. The zero-order valence-corrected chi connectivity index (χ0v) is 11.5. The molecule has 0 atom stereocenters. The summed E-state index contributed by atoms with van der Waals surface area (Å²) in [6.45, 7) is 4.22. The van der Waals surface area contributed by atoms with Crippen LogP contribution in [0.2, 0.25) is 0 Å². The van der Waals surface area contributed by atoms with Crippen molar-refractivity contribution in [1.29, 1.82) is 0 Å². The van der Waals surface area contributed by atoms with Crippen LogP contribution < -0.4 is 4.74 Å². The Labute approximate surface area is 110 Å². The number of hydrogen-bond donors (Lipinski definition) is 0. The average molecular weight is 248 g/mol. The van der Waals surface area contributed by atoms with Crippen molar-refractivity contribution < 1.29 is 4.74 Å². The van der Waals surface area contributed by atoms with E-state index in [0.717, 1.165) is 24.9 Å². The Balaban J connectivity index is 1.64. The van der Waals surface area contributed by atoms with E-state index in [9.17, 15) is 0 Å². The molecule has 3 nitrogen and oxygen atoms in total. The third kappa shape index (κ3) is 4.00. The molecule has 1 aromatic carbocycles. The Kier molecular flexibility index (Phi) is 5.02. The highest BCUT2D eigenvalue weighted by atomic mass is 16.5. The molecule has 0 unspecified atom stereocenters. The number of nitrogens with zero attached hydrogens (tertiary/aromatic N) is 2. The standard InChI is InChI=1S/C15H24N2O/c1-16(2)14-8-10-17(11-9-14)12-13-18-15-6-4-3-5-7-15/h3-7,14H,8-13H2,1-2H3. The Hall–Kier alpha value is -1.06. The smallest absolute Gasteiger partial charge is 0.119 e. The number of hydrogen-bond acceptors (Lipinski definition) is 3. The van der Waals surface area contributed by atoms with Crippen LogP contribution in [0.5, 0.6) is 5.75 Å². The molecule has 1 fully saturated rings. The maximum atomic E-state index is 5.73. The van der Waals surface area contributed by atoms with Crippen molar-refractivity contribution in [3.63, 3.8) is 0 Å². The van der Waals surface area contributed by atoms with Crippen molar-refractivity contribution in [2.45, 2.75) is 18.9 Å². The summed E-state index contributed by atoms with van der Waals surface area (Å²) in [7, 11) is 4.36. The molecule has 0 aliphatic carbocycles. The van der Waals surface area contributed by atoms with E-state index >= 15 is 0 Å². The van der Waals surface area contributed by atoms with Crippen LogP contribution in [0.25, 0.3) is 0 Å². The molecule has 1 aliphatic rings. The van der Waals surface area contributed by atoms with Crippen molar-refractivity contribution in [2.75, 3.05) is 40.3 Å². The predicted octanol–water partition coefficient (Wildman–Crippen LogP) is 2.09. The molecular weight excluding hydrogens is 224 g/mol. The third-order valence-corrected chi connectivity index (χ3v) is 3.71. The molecule has 0 amide bonds. The van der Waals surface area contributed by atoms with Gasteiger partial charge in [0.05, 0.1) is 0 Å². The number of piperidine rings is 1. The minimum absolute atomic E-state index is 0.760. The molecule has 0 N–H and O–H groups in total. The van der Waals surface area contributed by atoms with Crippen molar-refractivity contribution in [2.24, 2.45) is 0 Å². The summed E-state index contributed by atoms with van der Waals surface area (Å²) in [5.41, 5.74) is 0. The molecule has 1 heterocycles. The molecule has 1 saturated heterocycles. The van der Waals surface area contributed by atoms with Gasteiger partial charge in [0.2, 0.25) is 0 Å². The van der Waals surface area contributed by atoms with Gasteiger partial charge in [-0.25, -0.2) is 0 Å². The second kappa shape index (κ2) is 6.76. The highest BCUT2D eigenvalue weighted by Gasteiger charge is 2.19. The van der Waals surface area contributed by atoms with Crippen LogP contribution in [-0.2, 0) is 0 Å². The van der Waals surface area contributed by atoms with Crippen LogP contribution in [0.1, 0.15) is 12.8 Å². The van der Waals surface area contributed by atoms with E-state index in [2.05, 4.69) is 23.9 Å². The molecule has 1 aliphatic heterocycles. The van der Waals surface area contributed by atoms with Crippen molar-refractivity contribution >= 4 is 0 Å². The van der Waals surface area contributed by atoms with Gasteiger partial charge in [0.1, 0.15) is 12.4 Å². The van der Waals surface area contributed by atoms with E-state index in [4.69, 9.17) is 4.74 Å². The summed E-state index contributed by atoms with van der Waals surface area (Å²) < 4.78 is 5.73. The average Bonchev–Trinajstić information content (AvgIpc) is 2.40. The van der Waals surface area contributed by atoms with Crippen LogP contribution in [0.4, 0.5) is 0 Å². The number of para-hydroxylation sites is 1. The summed E-state index contributed by atoms with van der Waals surface area (Å²) in [5, 5.41) is 0. The van der Waals surface area contributed by atoms with Crippen molar-refractivity contribution in [3.8, 4) is 5.75 Å². The summed E-state index contributed by atoms with van der Waals surface area (Å²) in [4.78, 5) is 4.85. The lowest BCUT2D eigenvalue weighted by Gasteiger charge is -2.35. The van der Waals surface area contributed by atoms with Gasteiger partial charge in [0.15, 0.2) is 0 Å². The van der Waals surface area contributed by atoms with Gasteiger partial charge >= 0.3 is 0 Å². The van der Waals surface area contributed by atoms with Gasteiger partial charge < -0.3 is 9.64 Å². The maximum absolute atomic E-state index is 5.73. The molecule has 0 radical (unpaired) electrons. The molecule has 0 bridgehead atoms. The molecule has 18 heavy (non-hydrogen) atoms. The van der Waals surface area contributed by atoms with Gasteiger partial charge in [-0.2, -0.15) is 0 Å². The Morgan fingerprint density at radius 3 is 2.44 bits per heavy atom. The van der Waals surface area contributed by atoms with E-state index in [-0.39, 0.29) is 0 Å². The number of benzene rings is 1. The largest absolute Gasteiger partial charge is 0.492 e. The van der Waals surface area contributed by atoms with E-state index in [1.165, 1.54) is 25.9 Å². The van der Waals surface area contributed by atoms with Gasteiger partial charge in [-0.15, -0.1) is 0 Å². The Bertz CT molecular complexity index is 332. The second-order valence-corrected chi connectivity index (χ2v) is 5.20. The van der Waals surface area contributed by atoms with E-state index in [0.29, 0.717) is 0 Å². The summed E-state index contributed by atoms with van der Waals surface area (Å²) in [6, 6.07) is 10.8. The SMILES string of the molecule is CN(C)C1CCN(CCOc2ccccc2)CC1. The van der Waals surface area contributed by atoms with Gasteiger partial charge in [-0.1, -0.05) is 18.2 Å². The van der Waals surface area contributed by atoms with Gasteiger partial charge in [-0.05, 0) is 52.2 Å². The minimum Gasteiger partial charge on any atom is -0.492 e. The molecule has 0 aromatic heterocycles. The first kappa shape index (κ1) is 13.4. The molecule has 100 valence electrons. The molecule has 3 heteroatoms. The molecular formula is C15H24N2O. The van der Waals surface area contributed by atoms with E-state index in [1.807, 2.05) is 30.3 Å². The van der Waals surface area contributed by atoms with E-state index in [1.54, 1.807) is 0 Å². The number of likely N-dealkylation sites (tertiary alicyclic amines) is 1. The maximum Gasteiger partial charge on any atom is 0.119 e. The van der Waals surface area contributed by atoms with Crippen LogP contribution in [0.3, 0.4) is 0 Å². The fraction of sp³-hybridized carbons (Fsp3) is 0.600. The highest BCUT2D eigenvalue weighted by Crippen LogP contribution is 2.14. The molecule has 0 saturated carbocycles. The van der Waals surface area contributed by atoms with Gasteiger partial charge in [0, 0.05) is 12.6 Å². The number of rotatable bonds is 5. The van der Waals surface area contributed by atoms with E-state index < -0.39 is 0 Å². The summed E-state index contributed by atoms with van der Waals surface area (Å²) in [5.74, 6) is 0.973. The lowest BCUT2D eigenvalue weighted by molar-refractivity contribution is 0.128. The summed E-state index contributed by atoms with van der Waals surface area (Å²) in [6.07, 6.45) is 2.55. The first-order chi connectivity index (χ1) is 8.75. The third-order valence-electron chi connectivity index (χ3n) is 3.71. The topological polar surface area (TPSA) is 15.7 Å². The van der Waals surface area contributed by atoms with Crippen molar-refractivity contribution in [1.82, 2.24) is 9.80 Å².